The van der Waals surface area contributed by atoms with Gasteiger partial charge in [0.2, 0.25) is 0 Å². The van der Waals surface area contributed by atoms with Gasteiger partial charge < -0.3 is 9.88 Å². The average molecular weight is 373 g/mol. The van der Waals surface area contributed by atoms with Crippen LogP contribution in [0.4, 0.5) is 16.3 Å². The second-order valence-corrected chi connectivity index (χ2v) is 6.52. The molecular weight excluding hydrogens is 354 g/mol. The molecule has 28 heavy (non-hydrogen) atoms. The maximum atomic E-state index is 12.5. The number of carbonyl (C=O) groups is 1. The van der Waals surface area contributed by atoms with Gasteiger partial charge in [-0.05, 0) is 38.1 Å². The van der Waals surface area contributed by atoms with E-state index < -0.39 is 0 Å². The lowest BCUT2D eigenvalue weighted by Crippen LogP contribution is -2.20. The van der Waals surface area contributed by atoms with Crippen LogP contribution < -0.4 is 10.6 Å². The summed E-state index contributed by atoms with van der Waals surface area (Å²) in [7, 11) is 0. The van der Waals surface area contributed by atoms with Gasteiger partial charge in [-0.15, -0.1) is 10.2 Å². The molecule has 1 aromatic carbocycles. The van der Waals surface area contributed by atoms with Gasteiger partial charge in [-0.25, -0.2) is 9.78 Å². The number of para-hydroxylation sites is 1. The van der Waals surface area contributed by atoms with Crippen LogP contribution in [-0.2, 0) is 0 Å². The van der Waals surface area contributed by atoms with E-state index in [9.17, 15) is 4.79 Å². The van der Waals surface area contributed by atoms with Crippen LogP contribution in [0.5, 0.6) is 0 Å². The summed E-state index contributed by atoms with van der Waals surface area (Å²) in [5.74, 6) is 1.07. The smallest absolute Gasteiger partial charge is 0.310 e. The summed E-state index contributed by atoms with van der Waals surface area (Å²) >= 11 is 0. The Kier molecular flexibility index (Phi) is 4.67. The van der Waals surface area contributed by atoms with Crippen molar-refractivity contribution < 1.29 is 4.79 Å². The van der Waals surface area contributed by atoms with Gasteiger partial charge in [-0.3, -0.25) is 10.3 Å². The Morgan fingerprint density at radius 3 is 2.75 bits per heavy atom. The zero-order valence-corrected chi connectivity index (χ0v) is 15.5. The highest BCUT2D eigenvalue weighted by molar-refractivity contribution is 6.05. The van der Waals surface area contributed by atoms with Crippen LogP contribution in [-0.4, -0.2) is 30.8 Å². The van der Waals surface area contributed by atoms with Crippen LogP contribution in [0.2, 0.25) is 0 Å². The van der Waals surface area contributed by atoms with Crippen molar-refractivity contribution in [1.82, 2.24) is 24.7 Å². The molecule has 3 aromatic heterocycles. The van der Waals surface area contributed by atoms with Gasteiger partial charge in [0.25, 0.3) is 0 Å². The number of fused-ring (bicyclic) bond motifs is 1. The van der Waals surface area contributed by atoms with E-state index in [1.165, 1.54) is 0 Å². The molecular formula is C20H19N7O. The lowest BCUT2D eigenvalue weighted by Gasteiger charge is -2.11. The summed E-state index contributed by atoms with van der Waals surface area (Å²) in [6.45, 7) is 4.09. The summed E-state index contributed by atoms with van der Waals surface area (Å²) in [5.41, 5.74) is 2.13. The van der Waals surface area contributed by atoms with Gasteiger partial charge in [0, 0.05) is 17.6 Å². The van der Waals surface area contributed by atoms with Crippen molar-refractivity contribution in [2.24, 2.45) is 0 Å². The predicted molar refractivity (Wildman–Crippen MR) is 108 cm³/mol. The molecule has 0 unspecified atom stereocenters. The molecule has 3 heterocycles. The average Bonchev–Trinajstić information content (AvgIpc) is 3.19. The third kappa shape index (κ3) is 3.52. The van der Waals surface area contributed by atoms with Gasteiger partial charge in [0.1, 0.15) is 17.8 Å². The van der Waals surface area contributed by atoms with E-state index in [0.29, 0.717) is 23.0 Å². The zero-order chi connectivity index (χ0) is 19.5. The summed E-state index contributed by atoms with van der Waals surface area (Å²) in [6, 6.07) is 14.6. The van der Waals surface area contributed by atoms with Crippen LogP contribution >= 0.6 is 0 Å². The molecule has 8 nitrogen and oxygen atoms in total. The molecule has 8 heteroatoms. The Bertz CT molecular complexity index is 1130. The van der Waals surface area contributed by atoms with Crippen molar-refractivity contribution in [3.8, 4) is 11.5 Å². The number of hydrogen-bond donors (Lipinski definition) is 2. The minimum Gasteiger partial charge on any atom is -0.310 e. The number of carbonyl (C=O) groups excluding carboxylic acids is 1. The van der Waals surface area contributed by atoms with E-state index in [1.807, 2.05) is 54.8 Å². The van der Waals surface area contributed by atoms with Gasteiger partial charge in [-0.2, -0.15) is 0 Å². The molecule has 0 bridgehead atoms. The molecule has 0 radical (unpaired) electrons. The third-order valence-electron chi connectivity index (χ3n) is 4.25. The normalized spacial score (nSPS) is 11.0. The molecule has 0 aliphatic carbocycles. The van der Waals surface area contributed by atoms with Gasteiger partial charge in [0.15, 0.2) is 5.82 Å². The molecule has 0 saturated carbocycles. The number of urea groups is 1. The molecule has 0 saturated heterocycles. The van der Waals surface area contributed by atoms with Crippen molar-refractivity contribution in [1.29, 1.82) is 0 Å². The first-order valence-electron chi connectivity index (χ1n) is 8.90. The van der Waals surface area contributed by atoms with Crippen molar-refractivity contribution in [3.05, 3.63) is 61.1 Å². The van der Waals surface area contributed by atoms with Crippen LogP contribution in [0.3, 0.4) is 0 Å². The number of amides is 2. The SMILES string of the molecule is CC(C)n1cnnc1-c1cccc(NC(=O)Nc2ccnc3ccccc23)n1. The Morgan fingerprint density at radius 2 is 1.89 bits per heavy atom. The zero-order valence-electron chi connectivity index (χ0n) is 15.5. The number of rotatable bonds is 4. The van der Waals surface area contributed by atoms with Crippen molar-refractivity contribution in [2.75, 3.05) is 10.6 Å². The number of anilines is 2. The molecule has 4 aromatic rings. The molecule has 2 N–H and O–H groups in total. The fourth-order valence-corrected chi connectivity index (χ4v) is 2.91. The van der Waals surface area contributed by atoms with E-state index in [4.69, 9.17) is 0 Å². The Balaban J connectivity index is 1.54. The molecule has 2 amide bonds. The minimum absolute atomic E-state index is 0.201. The summed E-state index contributed by atoms with van der Waals surface area (Å²) in [4.78, 5) is 21.3. The van der Waals surface area contributed by atoms with Crippen molar-refractivity contribution >= 4 is 28.4 Å². The van der Waals surface area contributed by atoms with Gasteiger partial charge >= 0.3 is 6.03 Å². The highest BCUT2D eigenvalue weighted by Gasteiger charge is 2.13. The molecule has 0 spiro atoms. The van der Waals surface area contributed by atoms with Gasteiger partial charge in [0.05, 0.1) is 11.2 Å². The van der Waals surface area contributed by atoms with Crippen LogP contribution in [0.1, 0.15) is 19.9 Å². The second-order valence-electron chi connectivity index (χ2n) is 6.52. The summed E-state index contributed by atoms with van der Waals surface area (Å²) < 4.78 is 1.93. The largest absolute Gasteiger partial charge is 0.324 e. The van der Waals surface area contributed by atoms with Gasteiger partial charge in [-0.1, -0.05) is 24.3 Å². The first-order chi connectivity index (χ1) is 13.6. The highest BCUT2D eigenvalue weighted by atomic mass is 16.2. The second kappa shape index (κ2) is 7.43. The maximum Gasteiger partial charge on any atom is 0.324 e. The number of hydrogen-bond acceptors (Lipinski definition) is 5. The predicted octanol–water partition coefficient (Wildman–Crippen LogP) is 4.11. The van der Waals surface area contributed by atoms with E-state index in [0.717, 1.165) is 10.9 Å². The quantitative estimate of drug-likeness (QED) is 0.561. The van der Waals surface area contributed by atoms with Crippen LogP contribution in [0.25, 0.3) is 22.4 Å². The Hall–Kier alpha value is -3.81. The fraction of sp³-hybridized carbons (Fsp3) is 0.150. The number of nitrogens with one attached hydrogen (secondary N) is 2. The van der Waals surface area contributed by atoms with E-state index in [-0.39, 0.29) is 12.1 Å². The molecule has 0 aliphatic heterocycles. The maximum absolute atomic E-state index is 12.5. The highest BCUT2D eigenvalue weighted by Crippen LogP contribution is 2.22. The topological polar surface area (TPSA) is 97.6 Å². The third-order valence-corrected chi connectivity index (χ3v) is 4.25. The van der Waals surface area contributed by atoms with E-state index in [1.54, 1.807) is 24.7 Å². The van der Waals surface area contributed by atoms with E-state index in [2.05, 4.69) is 30.8 Å². The number of pyridine rings is 2. The number of aromatic nitrogens is 5. The van der Waals surface area contributed by atoms with Crippen molar-refractivity contribution in [2.45, 2.75) is 19.9 Å². The molecule has 0 fully saturated rings. The standard InChI is InChI=1S/C20H19N7O/c1-13(2)27-12-22-26-19(27)17-8-5-9-18(23-17)25-20(28)24-16-10-11-21-15-7-4-3-6-14(15)16/h3-13H,1-2H3,(H2,21,23,24,25,28). The van der Waals surface area contributed by atoms with Crippen LogP contribution in [0, 0.1) is 0 Å². The first-order valence-corrected chi connectivity index (χ1v) is 8.90. The molecule has 4 rings (SSSR count). The number of nitrogens with zero attached hydrogens (tertiary/aromatic N) is 5. The van der Waals surface area contributed by atoms with E-state index >= 15 is 0 Å². The minimum atomic E-state index is -0.383. The monoisotopic (exact) mass is 373 g/mol. The molecule has 0 atom stereocenters. The molecule has 140 valence electrons. The molecule has 0 aliphatic rings. The summed E-state index contributed by atoms with van der Waals surface area (Å²) in [6.07, 6.45) is 3.33. The first kappa shape index (κ1) is 17.6. The number of benzene rings is 1. The lowest BCUT2D eigenvalue weighted by atomic mass is 10.2. The summed E-state index contributed by atoms with van der Waals surface area (Å²) in [5, 5.41) is 14.6. The Labute approximate surface area is 161 Å². The van der Waals surface area contributed by atoms with Crippen LogP contribution in [0.15, 0.2) is 61.1 Å². The fourth-order valence-electron chi connectivity index (χ4n) is 2.91. The van der Waals surface area contributed by atoms with Crippen molar-refractivity contribution in [3.63, 3.8) is 0 Å². The Morgan fingerprint density at radius 1 is 1.04 bits per heavy atom. The lowest BCUT2D eigenvalue weighted by molar-refractivity contribution is 0.262.